The lowest BCUT2D eigenvalue weighted by molar-refractivity contribution is -0.139. The summed E-state index contributed by atoms with van der Waals surface area (Å²) in [5, 5.41) is 8.72. The molecule has 0 aliphatic rings. The van der Waals surface area contributed by atoms with Crippen molar-refractivity contribution in [1.29, 1.82) is 0 Å². The number of carbonyl (C=O) groups is 1. The summed E-state index contributed by atoms with van der Waals surface area (Å²) in [5.74, 6) is -0.598. The van der Waals surface area contributed by atoms with Crippen LogP contribution >= 0.6 is 0 Å². The molecule has 0 heterocycles. The Hall–Kier alpha value is -1.60. The largest absolute Gasteiger partial charge is 0.481 e. The first-order valence-corrected chi connectivity index (χ1v) is 8.42. The quantitative estimate of drug-likeness (QED) is 0.827. The van der Waals surface area contributed by atoms with E-state index in [0.717, 1.165) is 0 Å². The van der Waals surface area contributed by atoms with Gasteiger partial charge in [0.25, 0.3) is 0 Å². The molecule has 0 amide bonds. The predicted molar refractivity (Wildman–Crippen MR) is 83.7 cm³/mol. The minimum Gasteiger partial charge on any atom is -0.481 e. The first-order chi connectivity index (χ1) is 10.1. The molecule has 6 nitrogen and oxygen atoms in total. The topological polar surface area (TPSA) is 83.9 Å². The molecule has 1 N–H and O–H groups in total. The van der Waals surface area contributed by atoms with E-state index in [1.54, 1.807) is 19.9 Å². The summed E-state index contributed by atoms with van der Waals surface area (Å²) in [5.41, 5.74) is 1.13. The molecule has 0 atom stereocenters. The number of hydrogen-bond acceptors (Lipinski definition) is 4. The number of nitrogens with zero attached hydrogens (tertiary/aromatic N) is 1. The fourth-order valence-electron chi connectivity index (χ4n) is 2.22. The van der Waals surface area contributed by atoms with Crippen molar-refractivity contribution in [3.05, 3.63) is 23.3 Å². The Morgan fingerprint density at radius 2 is 1.91 bits per heavy atom. The van der Waals surface area contributed by atoms with Crippen LogP contribution in [0.15, 0.2) is 17.0 Å². The number of benzene rings is 1. The Morgan fingerprint density at radius 1 is 1.32 bits per heavy atom. The lowest BCUT2D eigenvalue weighted by atomic mass is 10.1. The van der Waals surface area contributed by atoms with Gasteiger partial charge >= 0.3 is 5.97 Å². The van der Waals surface area contributed by atoms with Gasteiger partial charge in [-0.1, -0.05) is 19.9 Å². The molecule has 0 aliphatic carbocycles. The second kappa shape index (κ2) is 7.11. The average molecular weight is 329 g/mol. The highest BCUT2D eigenvalue weighted by atomic mass is 32.2. The van der Waals surface area contributed by atoms with E-state index in [2.05, 4.69) is 0 Å². The van der Waals surface area contributed by atoms with Gasteiger partial charge in [-0.2, -0.15) is 0 Å². The molecule has 0 unspecified atom stereocenters. The van der Waals surface area contributed by atoms with Gasteiger partial charge in [0.15, 0.2) is 6.61 Å². The van der Waals surface area contributed by atoms with Crippen LogP contribution in [-0.2, 0) is 14.8 Å². The minimum absolute atomic E-state index is 0.140. The highest BCUT2D eigenvalue weighted by Crippen LogP contribution is 2.30. The lowest BCUT2D eigenvalue weighted by Crippen LogP contribution is -2.31. The zero-order valence-electron chi connectivity index (χ0n) is 13.6. The van der Waals surface area contributed by atoms with Gasteiger partial charge in [0.1, 0.15) is 5.75 Å². The third-order valence-electron chi connectivity index (χ3n) is 3.20. The average Bonchev–Trinajstić information content (AvgIpc) is 2.36. The standard InChI is InChI=1S/C15H23NO5S/c1-10(2)8-16(5)22(19,20)13-7-6-11(3)15(12(13)4)21-9-14(17)18/h6-7,10H,8-9H2,1-5H3,(H,17,18). The van der Waals surface area contributed by atoms with Crippen LogP contribution in [0.2, 0.25) is 0 Å². The van der Waals surface area contributed by atoms with E-state index in [0.29, 0.717) is 23.4 Å². The van der Waals surface area contributed by atoms with Gasteiger partial charge in [-0.15, -0.1) is 0 Å². The molecular weight excluding hydrogens is 306 g/mol. The second-order valence-corrected chi connectivity index (χ2v) is 7.71. The maximum atomic E-state index is 12.6. The summed E-state index contributed by atoms with van der Waals surface area (Å²) in [6, 6.07) is 3.16. The number of rotatable bonds is 7. The molecular formula is C15H23NO5S. The first kappa shape index (κ1) is 18.4. The molecule has 0 saturated carbocycles. The first-order valence-electron chi connectivity index (χ1n) is 6.98. The van der Waals surface area contributed by atoms with Gasteiger partial charge in [0.2, 0.25) is 10.0 Å². The summed E-state index contributed by atoms with van der Waals surface area (Å²) in [6.45, 7) is 7.15. The lowest BCUT2D eigenvalue weighted by Gasteiger charge is -2.21. The fourth-order valence-corrected chi connectivity index (χ4v) is 3.77. The zero-order valence-corrected chi connectivity index (χ0v) is 14.4. The van der Waals surface area contributed by atoms with Crippen molar-refractivity contribution < 1.29 is 23.1 Å². The smallest absolute Gasteiger partial charge is 0.341 e. The molecule has 22 heavy (non-hydrogen) atoms. The summed E-state index contributed by atoms with van der Waals surface area (Å²) in [7, 11) is -2.10. The summed E-state index contributed by atoms with van der Waals surface area (Å²) < 4.78 is 31.8. The maximum absolute atomic E-state index is 12.6. The maximum Gasteiger partial charge on any atom is 0.341 e. The Morgan fingerprint density at radius 3 is 2.41 bits per heavy atom. The number of carboxylic acid groups (broad SMARTS) is 1. The Labute approximate surface area is 131 Å². The summed E-state index contributed by atoms with van der Waals surface area (Å²) in [6.07, 6.45) is 0. The van der Waals surface area contributed by atoms with Crippen molar-refractivity contribution >= 4 is 16.0 Å². The third-order valence-corrected chi connectivity index (χ3v) is 5.17. The van der Waals surface area contributed by atoms with Gasteiger partial charge in [0, 0.05) is 19.2 Å². The number of sulfonamides is 1. The van der Waals surface area contributed by atoms with Crippen molar-refractivity contribution in [2.45, 2.75) is 32.6 Å². The highest BCUT2D eigenvalue weighted by Gasteiger charge is 2.25. The molecule has 1 aromatic carbocycles. The van der Waals surface area contributed by atoms with Crippen molar-refractivity contribution in [1.82, 2.24) is 4.31 Å². The van der Waals surface area contributed by atoms with Crippen molar-refractivity contribution in [2.75, 3.05) is 20.2 Å². The summed E-state index contributed by atoms with van der Waals surface area (Å²) >= 11 is 0. The predicted octanol–water partition coefficient (Wildman–Crippen LogP) is 2.04. The molecule has 0 aliphatic heterocycles. The Kier molecular flexibility index (Phi) is 5.96. The number of carboxylic acids is 1. The van der Waals surface area contributed by atoms with E-state index in [-0.39, 0.29) is 10.8 Å². The van der Waals surface area contributed by atoms with Crippen LogP contribution < -0.4 is 4.74 Å². The molecule has 0 bridgehead atoms. The van der Waals surface area contributed by atoms with Crippen LogP contribution in [0.3, 0.4) is 0 Å². The van der Waals surface area contributed by atoms with Crippen LogP contribution in [0.25, 0.3) is 0 Å². The molecule has 0 radical (unpaired) electrons. The molecule has 0 fully saturated rings. The van der Waals surface area contributed by atoms with Crippen LogP contribution in [-0.4, -0.2) is 44.0 Å². The normalized spacial score (nSPS) is 12.0. The molecule has 0 saturated heterocycles. The number of aryl methyl sites for hydroxylation is 1. The van der Waals surface area contributed by atoms with E-state index in [1.807, 2.05) is 13.8 Å². The van der Waals surface area contributed by atoms with E-state index in [9.17, 15) is 13.2 Å². The molecule has 124 valence electrons. The SMILES string of the molecule is Cc1ccc(S(=O)(=O)N(C)CC(C)C)c(C)c1OCC(=O)O. The van der Waals surface area contributed by atoms with E-state index in [1.165, 1.54) is 17.4 Å². The van der Waals surface area contributed by atoms with Crippen LogP contribution in [0.4, 0.5) is 0 Å². The Bertz CT molecular complexity index is 652. The van der Waals surface area contributed by atoms with Gasteiger partial charge in [-0.05, 0) is 31.4 Å². The molecule has 0 aromatic heterocycles. The van der Waals surface area contributed by atoms with E-state index < -0.39 is 22.6 Å². The zero-order chi connectivity index (χ0) is 17.1. The van der Waals surface area contributed by atoms with Gasteiger partial charge in [0.05, 0.1) is 4.90 Å². The molecule has 7 heteroatoms. The Balaban J connectivity index is 3.25. The van der Waals surface area contributed by atoms with Gasteiger partial charge in [-0.3, -0.25) is 0 Å². The minimum atomic E-state index is -3.64. The van der Waals surface area contributed by atoms with Gasteiger partial charge in [-0.25, -0.2) is 17.5 Å². The van der Waals surface area contributed by atoms with Crippen molar-refractivity contribution in [2.24, 2.45) is 5.92 Å². The van der Waals surface area contributed by atoms with Crippen LogP contribution in [0.5, 0.6) is 5.75 Å². The van der Waals surface area contributed by atoms with Gasteiger partial charge < -0.3 is 9.84 Å². The van der Waals surface area contributed by atoms with E-state index in [4.69, 9.17) is 9.84 Å². The van der Waals surface area contributed by atoms with Crippen molar-refractivity contribution in [3.8, 4) is 5.75 Å². The highest BCUT2D eigenvalue weighted by molar-refractivity contribution is 7.89. The fraction of sp³-hybridized carbons (Fsp3) is 0.533. The number of aliphatic carboxylic acids is 1. The molecule has 1 rings (SSSR count). The monoisotopic (exact) mass is 329 g/mol. The van der Waals surface area contributed by atoms with Crippen LogP contribution in [0.1, 0.15) is 25.0 Å². The number of hydrogen-bond donors (Lipinski definition) is 1. The number of ether oxygens (including phenoxy) is 1. The van der Waals surface area contributed by atoms with Crippen molar-refractivity contribution in [3.63, 3.8) is 0 Å². The van der Waals surface area contributed by atoms with Crippen LogP contribution in [0, 0.1) is 19.8 Å². The molecule has 0 spiro atoms. The third kappa shape index (κ3) is 4.20. The summed E-state index contributed by atoms with van der Waals surface area (Å²) in [4.78, 5) is 10.8. The second-order valence-electron chi connectivity index (χ2n) is 5.70. The van der Waals surface area contributed by atoms with E-state index >= 15 is 0 Å². The molecule has 1 aromatic rings.